The Bertz CT molecular complexity index is 568. The highest BCUT2D eigenvalue weighted by Gasteiger charge is 2.06. The fourth-order valence-corrected chi connectivity index (χ4v) is 2.27. The van der Waals surface area contributed by atoms with Crippen molar-refractivity contribution in [3.63, 3.8) is 0 Å². The molecule has 2 rings (SSSR count). The minimum atomic E-state index is 0.696. The van der Waals surface area contributed by atoms with E-state index >= 15 is 0 Å². The number of nitrogens with zero attached hydrogens (tertiary/aromatic N) is 3. The van der Waals surface area contributed by atoms with Crippen molar-refractivity contribution in [1.82, 2.24) is 9.97 Å². The molecule has 0 unspecified atom stereocenters. The molecule has 0 radical (unpaired) electrons. The Kier molecular flexibility index (Phi) is 3.35. The van der Waals surface area contributed by atoms with E-state index in [0.29, 0.717) is 4.88 Å². The largest absolute Gasteiger partial charge is 0.370 e. The van der Waals surface area contributed by atoms with Crippen LogP contribution in [0.3, 0.4) is 0 Å². The van der Waals surface area contributed by atoms with Crippen molar-refractivity contribution >= 4 is 17.2 Å². The summed E-state index contributed by atoms with van der Waals surface area (Å²) in [6.07, 6.45) is 0. The number of rotatable bonds is 3. The van der Waals surface area contributed by atoms with Gasteiger partial charge >= 0.3 is 0 Å². The van der Waals surface area contributed by atoms with Gasteiger partial charge in [0.15, 0.2) is 0 Å². The van der Waals surface area contributed by atoms with Gasteiger partial charge in [0.05, 0.1) is 10.6 Å². The Morgan fingerprint density at radius 1 is 1.41 bits per heavy atom. The standard InChI is InChI=1S/C12H12N4S/c1-3-14-12-6-10(15-8(2)16-12)11-5-4-9(7-13)17-11/h4-6H,3H2,1-2H3,(H,14,15,16). The molecule has 0 aliphatic carbocycles. The maximum atomic E-state index is 8.81. The Hall–Kier alpha value is -1.93. The van der Waals surface area contributed by atoms with E-state index in [-0.39, 0.29) is 0 Å². The molecule has 17 heavy (non-hydrogen) atoms. The topological polar surface area (TPSA) is 61.6 Å². The van der Waals surface area contributed by atoms with Crippen LogP contribution in [0, 0.1) is 18.3 Å². The first-order valence-electron chi connectivity index (χ1n) is 5.32. The van der Waals surface area contributed by atoms with Crippen LogP contribution in [0.15, 0.2) is 18.2 Å². The molecule has 0 saturated carbocycles. The van der Waals surface area contributed by atoms with Gasteiger partial charge in [0, 0.05) is 12.6 Å². The van der Waals surface area contributed by atoms with E-state index in [4.69, 9.17) is 5.26 Å². The summed E-state index contributed by atoms with van der Waals surface area (Å²) in [4.78, 5) is 10.4. The Morgan fingerprint density at radius 2 is 2.24 bits per heavy atom. The van der Waals surface area contributed by atoms with Gasteiger partial charge in [-0.15, -0.1) is 11.3 Å². The zero-order valence-corrected chi connectivity index (χ0v) is 10.5. The second-order valence-electron chi connectivity index (χ2n) is 3.49. The van der Waals surface area contributed by atoms with Gasteiger partial charge in [0.1, 0.15) is 22.6 Å². The number of aromatic nitrogens is 2. The van der Waals surface area contributed by atoms with Crippen LogP contribution in [-0.4, -0.2) is 16.5 Å². The minimum absolute atomic E-state index is 0.696. The van der Waals surface area contributed by atoms with Crippen molar-refractivity contribution < 1.29 is 0 Å². The molecular weight excluding hydrogens is 232 g/mol. The van der Waals surface area contributed by atoms with E-state index in [1.807, 2.05) is 32.0 Å². The van der Waals surface area contributed by atoms with Crippen molar-refractivity contribution in [3.8, 4) is 16.6 Å². The lowest BCUT2D eigenvalue weighted by atomic mass is 10.3. The third kappa shape index (κ3) is 2.60. The Morgan fingerprint density at radius 3 is 2.88 bits per heavy atom. The molecule has 0 atom stereocenters. The minimum Gasteiger partial charge on any atom is -0.370 e. The fourth-order valence-electron chi connectivity index (χ4n) is 1.50. The molecule has 86 valence electrons. The first-order chi connectivity index (χ1) is 8.22. The molecule has 2 aromatic rings. The zero-order chi connectivity index (χ0) is 12.3. The number of hydrogen-bond donors (Lipinski definition) is 1. The highest BCUT2D eigenvalue weighted by molar-refractivity contribution is 7.15. The monoisotopic (exact) mass is 244 g/mol. The second kappa shape index (κ2) is 4.93. The van der Waals surface area contributed by atoms with Crippen molar-refractivity contribution in [1.29, 1.82) is 5.26 Å². The summed E-state index contributed by atoms with van der Waals surface area (Å²) < 4.78 is 0. The summed E-state index contributed by atoms with van der Waals surface area (Å²) in [6, 6.07) is 7.76. The molecule has 0 spiro atoms. The summed E-state index contributed by atoms with van der Waals surface area (Å²) in [5.74, 6) is 1.55. The number of anilines is 1. The van der Waals surface area contributed by atoms with E-state index in [1.54, 1.807) is 0 Å². The van der Waals surface area contributed by atoms with Crippen LogP contribution in [0.4, 0.5) is 5.82 Å². The van der Waals surface area contributed by atoms with Gasteiger partial charge in [-0.1, -0.05) is 0 Å². The van der Waals surface area contributed by atoms with Gasteiger partial charge in [-0.05, 0) is 26.0 Å². The smallest absolute Gasteiger partial charge is 0.130 e. The Labute approximate surface area is 104 Å². The lowest BCUT2D eigenvalue weighted by molar-refractivity contribution is 1.04. The highest BCUT2D eigenvalue weighted by atomic mass is 32.1. The molecule has 0 aliphatic heterocycles. The lowest BCUT2D eigenvalue weighted by Gasteiger charge is -2.05. The van der Waals surface area contributed by atoms with Gasteiger partial charge in [-0.3, -0.25) is 0 Å². The van der Waals surface area contributed by atoms with Gasteiger partial charge in [-0.2, -0.15) is 5.26 Å². The molecule has 0 aromatic carbocycles. The number of hydrogen-bond acceptors (Lipinski definition) is 5. The highest BCUT2D eigenvalue weighted by Crippen LogP contribution is 2.27. The molecule has 2 heterocycles. The van der Waals surface area contributed by atoms with E-state index in [0.717, 1.165) is 28.8 Å². The molecule has 0 fully saturated rings. The van der Waals surface area contributed by atoms with Crippen LogP contribution in [0.25, 0.3) is 10.6 Å². The molecule has 1 N–H and O–H groups in total. The predicted molar refractivity (Wildman–Crippen MR) is 69.0 cm³/mol. The summed E-state index contributed by atoms with van der Waals surface area (Å²) >= 11 is 1.44. The summed E-state index contributed by atoms with van der Waals surface area (Å²) in [5.41, 5.74) is 0.861. The van der Waals surface area contributed by atoms with Gasteiger partial charge in [0.2, 0.25) is 0 Å². The molecule has 4 nitrogen and oxygen atoms in total. The first-order valence-corrected chi connectivity index (χ1v) is 6.14. The van der Waals surface area contributed by atoms with Crippen molar-refractivity contribution in [3.05, 3.63) is 28.9 Å². The van der Waals surface area contributed by atoms with E-state index in [9.17, 15) is 0 Å². The molecule has 0 saturated heterocycles. The molecule has 0 aliphatic rings. The maximum absolute atomic E-state index is 8.81. The maximum Gasteiger partial charge on any atom is 0.130 e. The van der Waals surface area contributed by atoms with Gasteiger partial charge < -0.3 is 5.32 Å². The van der Waals surface area contributed by atoms with Crippen LogP contribution in [0.1, 0.15) is 17.6 Å². The van der Waals surface area contributed by atoms with Gasteiger partial charge in [-0.25, -0.2) is 9.97 Å². The number of aryl methyl sites for hydroxylation is 1. The summed E-state index contributed by atoms with van der Waals surface area (Å²) in [7, 11) is 0. The number of nitriles is 1. The summed E-state index contributed by atoms with van der Waals surface area (Å²) in [5, 5.41) is 12.0. The van der Waals surface area contributed by atoms with E-state index < -0.39 is 0 Å². The molecular formula is C12H12N4S. The average molecular weight is 244 g/mol. The number of nitrogens with one attached hydrogen (secondary N) is 1. The molecule has 2 aromatic heterocycles. The second-order valence-corrected chi connectivity index (χ2v) is 4.58. The third-order valence-electron chi connectivity index (χ3n) is 2.16. The number of thiophene rings is 1. The Balaban J connectivity index is 2.41. The quantitative estimate of drug-likeness (QED) is 0.901. The van der Waals surface area contributed by atoms with Crippen molar-refractivity contribution in [2.75, 3.05) is 11.9 Å². The van der Waals surface area contributed by atoms with E-state index in [1.165, 1.54) is 11.3 Å². The van der Waals surface area contributed by atoms with Crippen LogP contribution < -0.4 is 5.32 Å². The van der Waals surface area contributed by atoms with Crippen LogP contribution in [-0.2, 0) is 0 Å². The van der Waals surface area contributed by atoms with Crippen molar-refractivity contribution in [2.24, 2.45) is 0 Å². The molecule has 0 amide bonds. The zero-order valence-electron chi connectivity index (χ0n) is 9.69. The van der Waals surface area contributed by atoms with E-state index in [2.05, 4.69) is 21.4 Å². The van der Waals surface area contributed by atoms with Crippen molar-refractivity contribution in [2.45, 2.75) is 13.8 Å². The summed E-state index contributed by atoms with van der Waals surface area (Å²) in [6.45, 7) is 4.71. The molecule has 0 bridgehead atoms. The normalized spacial score (nSPS) is 9.94. The first kappa shape index (κ1) is 11.6. The SMILES string of the molecule is CCNc1cc(-c2ccc(C#N)s2)nc(C)n1. The average Bonchev–Trinajstić information content (AvgIpc) is 2.77. The van der Waals surface area contributed by atoms with Gasteiger partial charge in [0.25, 0.3) is 0 Å². The molecule has 5 heteroatoms. The van der Waals surface area contributed by atoms with Crippen LogP contribution in [0.5, 0.6) is 0 Å². The fraction of sp³-hybridized carbons (Fsp3) is 0.250. The lowest BCUT2D eigenvalue weighted by Crippen LogP contribution is -2.02. The predicted octanol–water partition coefficient (Wildman–Crippen LogP) is 2.82. The van der Waals surface area contributed by atoms with Crippen LogP contribution >= 0.6 is 11.3 Å². The third-order valence-corrected chi connectivity index (χ3v) is 3.18. The van der Waals surface area contributed by atoms with Crippen LogP contribution in [0.2, 0.25) is 0 Å².